The van der Waals surface area contributed by atoms with Crippen LogP contribution in [-0.4, -0.2) is 31.5 Å². The van der Waals surface area contributed by atoms with E-state index in [1.807, 2.05) is 6.07 Å². The standard InChI is InChI=1S/C17H25NO3/c1-3-17(2)11-14(6-7-21-17)18-12-13-4-5-15-16(10-13)20-9-8-19-15/h4-5,10,14,18H,3,6-9,11-12H2,1-2H3. The van der Waals surface area contributed by atoms with Crippen LogP contribution in [-0.2, 0) is 11.3 Å². The van der Waals surface area contributed by atoms with Crippen LogP contribution in [0.5, 0.6) is 11.5 Å². The second-order valence-corrected chi connectivity index (χ2v) is 6.20. The zero-order chi connectivity index (χ0) is 14.7. The molecule has 2 aliphatic heterocycles. The third kappa shape index (κ3) is 3.50. The zero-order valence-electron chi connectivity index (χ0n) is 13.0. The molecule has 0 spiro atoms. The van der Waals surface area contributed by atoms with Crippen molar-refractivity contribution in [1.29, 1.82) is 0 Å². The van der Waals surface area contributed by atoms with Crippen molar-refractivity contribution in [2.75, 3.05) is 19.8 Å². The van der Waals surface area contributed by atoms with Crippen molar-refractivity contribution in [3.63, 3.8) is 0 Å². The van der Waals surface area contributed by atoms with Crippen molar-refractivity contribution in [3.8, 4) is 11.5 Å². The molecule has 4 heteroatoms. The molecule has 2 atom stereocenters. The average molecular weight is 291 g/mol. The first kappa shape index (κ1) is 14.7. The van der Waals surface area contributed by atoms with Crippen LogP contribution in [0, 0.1) is 0 Å². The minimum atomic E-state index is 0.0305. The Morgan fingerprint density at radius 2 is 2.00 bits per heavy atom. The fourth-order valence-electron chi connectivity index (χ4n) is 3.01. The first-order chi connectivity index (χ1) is 10.2. The van der Waals surface area contributed by atoms with Gasteiger partial charge in [-0.2, -0.15) is 0 Å². The molecule has 2 aliphatic rings. The largest absolute Gasteiger partial charge is 0.486 e. The molecule has 21 heavy (non-hydrogen) atoms. The molecular weight excluding hydrogens is 266 g/mol. The zero-order valence-corrected chi connectivity index (χ0v) is 13.0. The summed E-state index contributed by atoms with van der Waals surface area (Å²) in [7, 11) is 0. The van der Waals surface area contributed by atoms with Gasteiger partial charge in [0.15, 0.2) is 11.5 Å². The van der Waals surface area contributed by atoms with E-state index in [1.165, 1.54) is 5.56 Å². The number of rotatable bonds is 4. The Labute approximate surface area is 126 Å². The van der Waals surface area contributed by atoms with E-state index in [4.69, 9.17) is 14.2 Å². The minimum absolute atomic E-state index is 0.0305. The average Bonchev–Trinajstić information content (AvgIpc) is 2.53. The van der Waals surface area contributed by atoms with Gasteiger partial charge in [-0.1, -0.05) is 13.0 Å². The highest BCUT2D eigenvalue weighted by atomic mass is 16.6. The predicted octanol–water partition coefficient (Wildman–Crippen LogP) is 2.90. The van der Waals surface area contributed by atoms with Gasteiger partial charge in [-0.25, -0.2) is 0 Å². The lowest BCUT2D eigenvalue weighted by molar-refractivity contribution is -0.0781. The second-order valence-electron chi connectivity index (χ2n) is 6.20. The summed E-state index contributed by atoms with van der Waals surface area (Å²) >= 11 is 0. The Bertz CT molecular complexity index is 491. The van der Waals surface area contributed by atoms with Gasteiger partial charge in [0.05, 0.1) is 5.60 Å². The normalized spacial score (nSPS) is 28.4. The van der Waals surface area contributed by atoms with Gasteiger partial charge in [0, 0.05) is 19.2 Å². The molecule has 1 N–H and O–H groups in total. The summed E-state index contributed by atoms with van der Waals surface area (Å²) in [4.78, 5) is 0. The fourth-order valence-corrected chi connectivity index (χ4v) is 3.01. The number of hydrogen-bond donors (Lipinski definition) is 1. The number of fused-ring (bicyclic) bond motifs is 1. The molecule has 1 fully saturated rings. The Morgan fingerprint density at radius 3 is 2.81 bits per heavy atom. The van der Waals surface area contributed by atoms with Crippen molar-refractivity contribution in [1.82, 2.24) is 5.32 Å². The molecule has 3 rings (SSSR count). The van der Waals surface area contributed by atoms with Crippen LogP contribution in [0.3, 0.4) is 0 Å². The number of nitrogens with one attached hydrogen (secondary N) is 1. The summed E-state index contributed by atoms with van der Waals surface area (Å²) in [6.45, 7) is 7.40. The number of hydrogen-bond acceptors (Lipinski definition) is 4. The third-order valence-electron chi connectivity index (χ3n) is 4.54. The molecule has 0 radical (unpaired) electrons. The van der Waals surface area contributed by atoms with Crippen LogP contribution in [0.25, 0.3) is 0 Å². The monoisotopic (exact) mass is 291 g/mol. The molecule has 0 bridgehead atoms. The van der Waals surface area contributed by atoms with Crippen molar-refractivity contribution in [2.45, 2.75) is 51.3 Å². The molecule has 2 heterocycles. The summed E-state index contributed by atoms with van der Waals surface area (Å²) in [6.07, 6.45) is 3.23. The number of benzene rings is 1. The second kappa shape index (κ2) is 6.24. The van der Waals surface area contributed by atoms with E-state index in [2.05, 4.69) is 31.3 Å². The molecule has 1 saturated heterocycles. The summed E-state index contributed by atoms with van der Waals surface area (Å²) in [6, 6.07) is 6.72. The Morgan fingerprint density at radius 1 is 1.19 bits per heavy atom. The van der Waals surface area contributed by atoms with E-state index in [0.29, 0.717) is 19.3 Å². The highest BCUT2D eigenvalue weighted by molar-refractivity contribution is 5.43. The van der Waals surface area contributed by atoms with Gasteiger partial charge in [-0.3, -0.25) is 0 Å². The van der Waals surface area contributed by atoms with Gasteiger partial charge in [-0.15, -0.1) is 0 Å². The van der Waals surface area contributed by atoms with Gasteiger partial charge >= 0.3 is 0 Å². The van der Waals surface area contributed by atoms with E-state index in [-0.39, 0.29) is 5.60 Å². The third-order valence-corrected chi connectivity index (χ3v) is 4.54. The van der Waals surface area contributed by atoms with Crippen molar-refractivity contribution >= 4 is 0 Å². The van der Waals surface area contributed by atoms with Gasteiger partial charge in [0.1, 0.15) is 13.2 Å². The molecule has 116 valence electrons. The maximum atomic E-state index is 5.89. The number of ether oxygens (including phenoxy) is 3. The topological polar surface area (TPSA) is 39.7 Å². The maximum absolute atomic E-state index is 5.89. The van der Waals surface area contributed by atoms with Crippen LogP contribution < -0.4 is 14.8 Å². The van der Waals surface area contributed by atoms with E-state index >= 15 is 0 Å². The lowest BCUT2D eigenvalue weighted by Gasteiger charge is -2.38. The van der Waals surface area contributed by atoms with Crippen LogP contribution >= 0.6 is 0 Å². The van der Waals surface area contributed by atoms with Crippen LogP contribution in [0.1, 0.15) is 38.7 Å². The molecule has 4 nitrogen and oxygen atoms in total. The van der Waals surface area contributed by atoms with Crippen LogP contribution in [0.2, 0.25) is 0 Å². The highest BCUT2D eigenvalue weighted by Crippen LogP contribution is 2.31. The maximum Gasteiger partial charge on any atom is 0.161 e. The fraction of sp³-hybridized carbons (Fsp3) is 0.647. The van der Waals surface area contributed by atoms with Crippen molar-refractivity contribution in [2.24, 2.45) is 0 Å². The SMILES string of the molecule is CCC1(C)CC(NCc2ccc3c(c2)OCCO3)CCO1. The molecule has 1 aromatic carbocycles. The summed E-state index contributed by atoms with van der Waals surface area (Å²) in [5, 5.41) is 3.66. The van der Waals surface area contributed by atoms with Gasteiger partial charge in [0.25, 0.3) is 0 Å². The molecule has 0 amide bonds. The van der Waals surface area contributed by atoms with E-state index in [1.54, 1.807) is 0 Å². The minimum Gasteiger partial charge on any atom is -0.486 e. The van der Waals surface area contributed by atoms with Gasteiger partial charge < -0.3 is 19.5 Å². The molecular formula is C17H25NO3. The van der Waals surface area contributed by atoms with Crippen molar-refractivity contribution in [3.05, 3.63) is 23.8 Å². The van der Waals surface area contributed by atoms with E-state index in [9.17, 15) is 0 Å². The smallest absolute Gasteiger partial charge is 0.161 e. The Balaban J connectivity index is 1.57. The summed E-state index contributed by atoms with van der Waals surface area (Å²) in [5.74, 6) is 1.72. The Hall–Kier alpha value is -1.26. The quantitative estimate of drug-likeness (QED) is 0.926. The van der Waals surface area contributed by atoms with Crippen LogP contribution in [0.15, 0.2) is 18.2 Å². The van der Waals surface area contributed by atoms with E-state index in [0.717, 1.165) is 43.9 Å². The Kier molecular flexibility index (Phi) is 4.36. The summed E-state index contributed by atoms with van der Waals surface area (Å²) in [5.41, 5.74) is 1.27. The molecule has 0 aromatic heterocycles. The summed E-state index contributed by atoms with van der Waals surface area (Å²) < 4.78 is 17.1. The molecule has 2 unspecified atom stereocenters. The van der Waals surface area contributed by atoms with Gasteiger partial charge in [0.2, 0.25) is 0 Å². The molecule has 0 aliphatic carbocycles. The van der Waals surface area contributed by atoms with Gasteiger partial charge in [-0.05, 0) is 43.9 Å². The highest BCUT2D eigenvalue weighted by Gasteiger charge is 2.31. The van der Waals surface area contributed by atoms with Crippen molar-refractivity contribution < 1.29 is 14.2 Å². The molecule has 1 aromatic rings. The first-order valence-electron chi connectivity index (χ1n) is 7.94. The molecule has 0 saturated carbocycles. The predicted molar refractivity (Wildman–Crippen MR) is 81.9 cm³/mol. The van der Waals surface area contributed by atoms with Crippen LogP contribution in [0.4, 0.5) is 0 Å². The first-order valence-corrected chi connectivity index (χ1v) is 7.94. The van der Waals surface area contributed by atoms with E-state index < -0.39 is 0 Å². The lowest BCUT2D eigenvalue weighted by atomic mass is 9.90. The lowest BCUT2D eigenvalue weighted by Crippen LogP contribution is -2.44.